The second kappa shape index (κ2) is 7.65. The van der Waals surface area contributed by atoms with Crippen LogP contribution in [0.25, 0.3) is 0 Å². The monoisotopic (exact) mass is 339 g/mol. The van der Waals surface area contributed by atoms with E-state index in [2.05, 4.69) is 10.4 Å². The van der Waals surface area contributed by atoms with Gasteiger partial charge in [-0.15, -0.1) is 0 Å². The zero-order valence-electron chi connectivity index (χ0n) is 12.7. The maximum absolute atomic E-state index is 11.9. The number of amides is 1. The molecule has 0 bridgehead atoms. The number of aromatic nitrogens is 2. The Hall–Kier alpha value is -1.52. The Bertz CT molecular complexity index is 647. The van der Waals surface area contributed by atoms with Crippen LogP contribution in [0.4, 0.5) is 0 Å². The molecule has 118 valence electrons. The Morgan fingerprint density at radius 3 is 2.55 bits per heavy atom. The minimum absolute atomic E-state index is 0.0802. The number of benzene rings is 1. The van der Waals surface area contributed by atoms with Crippen molar-refractivity contribution in [1.82, 2.24) is 15.1 Å². The predicted octanol–water partition coefficient (Wildman–Crippen LogP) is 3.56. The number of nitrogens with one attached hydrogen (secondary N) is 1. The van der Waals surface area contributed by atoms with Gasteiger partial charge < -0.3 is 5.32 Å². The molecule has 0 aliphatic heterocycles. The van der Waals surface area contributed by atoms with Crippen LogP contribution in [0.1, 0.15) is 23.4 Å². The summed E-state index contributed by atoms with van der Waals surface area (Å²) in [6, 6.07) is 7.27. The third kappa shape index (κ3) is 4.49. The van der Waals surface area contributed by atoms with Crippen LogP contribution < -0.4 is 5.32 Å². The van der Waals surface area contributed by atoms with E-state index in [9.17, 15) is 4.79 Å². The maximum Gasteiger partial charge on any atom is 0.224 e. The van der Waals surface area contributed by atoms with Crippen molar-refractivity contribution in [3.05, 3.63) is 51.3 Å². The molecule has 0 aliphatic carbocycles. The molecule has 0 fully saturated rings. The number of nitrogens with zero attached hydrogens (tertiary/aromatic N) is 2. The van der Waals surface area contributed by atoms with Crippen molar-refractivity contribution < 1.29 is 4.79 Å². The molecule has 4 nitrogen and oxygen atoms in total. The Morgan fingerprint density at radius 1 is 1.27 bits per heavy atom. The molecule has 0 saturated carbocycles. The SMILES string of the molecule is Cc1cc(C)n(CCCNC(=O)Cc2c(Cl)cccc2Cl)n1. The van der Waals surface area contributed by atoms with Crippen LogP contribution in [-0.4, -0.2) is 22.2 Å². The molecule has 0 spiro atoms. The van der Waals surface area contributed by atoms with Crippen molar-refractivity contribution in [3.8, 4) is 0 Å². The zero-order valence-corrected chi connectivity index (χ0v) is 14.2. The van der Waals surface area contributed by atoms with Gasteiger partial charge in [-0.1, -0.05) is 29.3 Å². The average Bonchev–Trinajstić information content (AvgIpc) is 2.77. The Morgan fingerprint density at radius 2 is 1.95 bits per heavy atom. The first-order chi connectivity index (χ1) is 10.5. The summed E-state index contributed by atoms with van der Waals surface area (Å²) in [5.41, 5.74) is 2.81. The fourth-order valence-corrected chi connectivity index (χ4v) is 2.81. The summed E-state index contributed by atoms with van der Waals surface area (Å²) in [5.74, 6) is -0.0802. The molecule has 1 N–H and O–H groups in total. The van der Waals surface area contributed by atoms with Gasteiger partial charge in [-0.25, -0.2) is 0 Å². The molecular weight excluding hydrogens is 321 g/mol. The highest BCUT2D eigenvalue weighted by Crippen LogP contribution is 2.24. The summed E-state index contributed by atoms with van der Waals surface area (Å²) in [6.45, 7) is 5.38. The van der Waals surface area contributed by atoms with Crippen molar-refractivity contribution >= 4 is 29.1 Å². The van der Waals surface area contributed by atoms with E-state index < -0.39 is 0 Å². The highest BCUT2D eigenvalue weighted by atomic mass is 35.5. The largest absolute Gasteiger partial charge is 0.356 e. The molecule has 0 atom stereocenters. The maximum atomic E-state index is 11.9. The summed E-state index contributed by atoms with van der Waals surface area (Å²) >= 11 is 12.1. The summed E-state index contributed by atoms with van der Waals surface area (Å²) in [6.07, 6.45) is 1.02. The minimum atomic E-state index is -0.0802. The molecule has 2 rings (SSSR count). The lowest BCUT2D eigenvalue weighted by Crippen LogP contribution is -2.27. The molecule has 1 heterocycles. The van der Waals surface area contributed by atoms with Gasteiger partial charge in [-0.2, -0.15) is 5.10 Å². The van der Waals surface area contributed by atoms with E-state index >= 15 is 0 Å². The fraction of sp³-hybridized carbons (Fsp3) is 0.375. The average molecular weight is 340 g/mol. The first-order valence-corrected chi connectivity index (χ1v) is 7.93. The van der Waals surface area contributed by atoms with Gasteiger partial charge in [0.1, 0.15) is 0 Å². The fourth-order valence-electron chi connectivity index (χ4n) is 2.28. The standard InChI is InChI=1S/C16H19Cl2N3O/c1-11-9-12(2)21(20-11)8-4-7-19-16(22)10-13-14(17)5-3-6-15(13)18/h3,5-6,9H,4,7-8,10H2,1-2H3,(H,19,22). The van der Waals surface area contributed by atoms with E-state index in [0.717, 1.165) is 24.4 Å². The van der Waals surface area contributed by atoms with Crippen LogP contribution in [0.3, 0.4) is 0 Å². The number of aryl methyl sites for hydroxylation is 3. The molecule has 1 aromatic carbocycles. The highest BCUT2D eigenvalue weighted by Gasteiger charge is 2.10. The van der Waals surface area contributed by atoms with Crippen LogP contribution in [-0.2, 0) is 17.8 Å². The van der Waals surface area contributed by atoms with Gasteiger partial charge >= 0.3 is 0 Å². The van der Waals surface area contributed by atoms with Gasteiger partial charge in [-0.3, -0.25) is 9.48 Å². The normalized spacial score (nSPS) is 10.7. The number of carbonyl (C=O) groups excluding carboxylic acids is 1. The molecule has 1 aromatic heterocycles. The molecule has 0 unspecified atom stereocenters. The van der Waals surface area contributed by atoms with Crippen LogP contribution >= 0.6 is 23.2 Å². The smallest absolute Gasteiger partial charge is 0.224 e. The van der Waals surface area contributed by atoms with E-state index in [1.54, 1.807) is 18.2 Å². The minimum Gasteiger partial charge on any atom is -0.356 e. The molecule has 2 aromatic rings. The Kier molecular flexibility index (Phi) is 5.86. The summed E-state index contributed by atoms with van der Waals surface area (Å²) in [7, 11) is 0. The highest BCUT2D eigenvalue weighted by molar-refractivity contribution is 6.36. The van der Waals surface area contributed by atoms with Gasteiger partial charge in [0.25, 0.3) is 0 Å². The summed E-state index contributed by atoms with van der Waals surface area (Å²) in [4.78, 5) is 11.9. The number of hydrogen-bond donors (Lipinski definition) is 1. The Balaban J connectivity index is 1.78. The molecule has 0 saturated heterocycles. The van der Waals surface area contributed by atoms with Gasteiger partial charge in [-0.05, 0) is 44.0 Å². The summed E-state index contributed by atoms with van der Waals surface area (Å²) < 4.78 is 1.95. The summed E-state index contributed by atoms with van der Waals surface area (Å²) in [5, 5.41) is 8.31. The lowest BCUT2D eigenvalue weighted by atomic mass is 10.1. The quantitative estimate of drug-likeness (QED) is 0.818. The third-order valence-corrected chi connectivity index (χ3v) is 4.08. The lowest BCUT2D eigenvalue weighted by Gasteiger charge is -2.09. The van der Waals surface area contributed by atoms with Gasteiger partial charge in [0.15, 0.2) is 0 Å². The van der Waals surface area contributed by atoms with Gasteiger partial charge in [0.05, 0.1) is 12.1 Å². The number of rotatable bonds is 6. The topological polar surface area (TPSA) is 46.9 Å². The zero-order chi connectivity index (χ0) is 16.1. The second-order valence-electron chi connectivity index (χ2n) is 5.23. The van der Waals surface area contributed by atoms with Gasteiger partial charge in [0.2, 0.25) is 5.91 Å². The number of carbonyl (C=O) groups is 1. The molecule has 22 heavy (non-hydrogen) atoms. The van der Waals surface area contributed by atoms with E-state index in [-0.39, 0.29) is 12.3 Å². The van der Waals surface area contributed by atoms with Crippen LogP contribution in [0.5, 0.6) is 0 Å². The van der Waals surface area contributed by atoms with Crippen molar-refractivity contribution in [2.45, 2.75) is 33.2 Å². The van der Waals surface area contributed by atoms with Gasteiger partial charge in [0, 0.05) is 28.8 Å². The van der Waals surface area contributed by atoms with E-state index in [1.807, 2.05) is 24.6 Å². The van der Waals surface area contributed by atoms with E-state index in [4.69, 9.17) is 23.2 Å². The van der Waals surface area contributed by atoms with E-state index in [0.29, 0.717) is 22.2 Å². The number of hydrogen-bond acceptors (Lipinski definition) is 2. The van der Waals surface area contributed by atoms with Crippen LogP contribution in [0.2, 0.25) is 10.0 Å². The van der Waals surface area contributed by atoms with E-state index in [1.165, 1.54) is 0 Å². The molecule has 0 aliphatic rings. The van der Waals surface area contributed by atoms with Crippen molar-refractivity contribution in [2.75, 3.05) is 6.54 Å². The Labute approximate surface area is 140 Å². The molecule has 0 radical (unpaired) electrons. The predicted molar refractivity (Wildman–Crippen MR) is 89.5 cm³/mol. The van der Waals surface area contributed by atoms with Crippen LogP contribution in [0.15, 0.2) is 24.3 Å². The lowest BCUT2D eigenvalue weighted by molar-refractivity contribution is -0.120. The van der Waals surface area contributed by atoms with Crippen molar-refractivity contribution in [3.63, 3.8) is 0 Å². The molecular formula is C16H19Cl2N3O. The first kappa shape index (κ1) is 16.8. The van der Waals surface area contributed by atoms with Crippen LogP contribution in [0, 0.1) is 13.8 Å². The molecule has 1 amide bonds. The number of halogens is 2. The van der Waals surface area contributed by atoms with Crippen molar-refractivity contribution in [2.24, 2.45) is 0 Å². The first-order valence-electron chi connectivity index (χ1n) is 7.18. The third-order valence-electron chi connectivity index (χ3n) is 3.37. The second-order valence-corrected chi connectivity index (χ2v) is 6.05. The van der Waals surface area contributed by atoms with Crippen molar-refractivity contribution in [1.29, 1.82) is 0 Å². The molecule has 6 heteroatoms.